The molecule has 0 aliphatic rings. The van der Waals surface area contributed by atoms with Gasteiger partial charge in [-0.1, -0.05) is 52.0 Å². The van der Waals surface area contributed by atoms with Gasteiger partial charge >= 0.3 is 0 Å². The van der Waals surface area contributed by atoms with E-state index in [1.54, 1.807) is 12.1 Å². The lowest BCUT2D eigenvalue weighted by Gasteiger charge is -2.19. The summed E-state index contributed by atoms with van der Waals surface area (Å²) in [6, 6.07) is 15.0. The van der Waals surface area contributed by atoms with E-state index in [-0.39, 0.29) is 17.9 Å². The van der Waals surface area contributed by atoms with Gasteiger partial charge in [-0.3, -0.25) is 4.79 Å². The molecule has 0 aliphatic carbocycles. The second-order valence-corrected chi connectivity index (χ2v) is 7.16. The molecule has 2 aromatic carbocycles. The van der Waals surface area contributed by atoms with Gasteiger partial charge in [0.05, 0.1) is 6.10 Å². The summed E-state index contributed by atoms with van der Waals surface area (Å²) >= 11 is 0. The lowest BCUT2D eigenvalue weighted by molar-refractivity contribution is -0.118. The summed E-state index contributed by atoms with van der Waals surface area (Å²) in [6.45, 7) is 8.32. The van der Waals surface area contributed by atoms with Crippen LogP contribution in [0.25, 0.3) is 0 Å². The number of carbonyl (C=O) groups excluding carboxylic acids is 1. The highest BCUT2D eigenvalue weighted by Gasteiger charge is 2.13. The molecule has 0 saturated carbocycles. The fraction of sp³-hybridized carbons (Fsp3) is 0.381. The Morgan fingerprint density at radius 3 is 2.20 bits per heavy atom. The molecule has 0 aromatic heterocycles. The van der Waals surface area contributed by atoms with E-state index in [0.29, 0.717) is 12.2 Å². The van der Waals surface area contributed by atoms with Crippen LogP contribution < -0.4 is 10.1 Å². The zero-order valence-electron chi connectivity index (χ0n) is 15.4. The van der Waals surface area contributed by atoms with Crippen LogP contribution in [0, 0.1) is 0 Å². The Bertz CT molecular complexity index is 685. The van der Waals surface area contributed by atoms with Crippen molar-refractivity contribution in [2.24, 2.45) is 0 Å². The maximum atomic E-state index is 12.0. The minimum absolute atomic E-state index is 0.0588. The highest BCUT2D eigenvalue weighted by atomic mass is 16.5. The van der Waals surface area contributed by atoms with E-state index in [9.17, 15) is 9.90 Å². The normalized spacial score (nSPS) is 12.5. The number of amides is 1. The van der Waals surface area contributed by atoms with Crippen LogP contribution in [0.2, 0.25) is 0 Å². The molecule has 2 rings (SSSR count). The van der Waals surface area contributed by atoms with Crippen LogP contribution in [-0.4, -0.2) is 17.6 Å². The van der Waals surface area contributed by atoms with Gasteiger partial charge in [-0.15, -0.1) is 0 Å². The summed E-state index contributed by atoms with van der Waals surface area (Å²) in [6.07, 6.45) is 0.199. The Labute approximate surface area is 149 Å². The zero-order chi connectivity index (χ0) is 18.4. The van der Waals surface area contributed by atoms with E-state index in [2.05, 4.69) is 26.1 Å². The van der Waals surface area contributed by atoms with Crippen LogP contribution in [0.1, 0.15) is 51.3 Å². The second-order valence-electron chi connectivity index (χ2n) is 7.16. The van der Waals surface area contributed by atoms with E-state index >= 15 is 0 Å². The largest absolute Gasteiger partial charge is 0.484 e. The Morgan fingerprint density at radius 2 is 1.68 bits per heavy atom. The monoisotopic (exact) mass is 341 g/mol. The van der Waals surface area contributed by atoms with Gasteiger partial charge in [0.2, 0.25) is 0 Å². The molecule has 0 aliphatic heterocycles. The first kappa shape index (κ1) is 19.0. The number of aliphatic hydroxyl groups is 1. The average molecular weight is 341 g/mol. The van der Waals surface area contributed by atoms with Crippen molar-refractivity contribution in [2.45, 2.75) is 45.6 Å². The third-order valence-electron chi connectivity index (χ3n) is 4.06. The molecular formula is C21H27NO3. The van der Waals surface area contributed by atoms with Crippen LogP contribution in [0.4, 0.5) is 5.69 Å². The first-order valence-corrected chi connectivity index (χ1v) is 8.61. The van der Waals surface area contributed by atoms with Crippen LogP contribution >= 0.6 is 0 Å². The Kier molecular flexibility index (Phi) is 6.21. The predicted molar refractivity (Wildman–Crippen MR) is 101 cm³/mol. The van der Waals surface area contributed by atoms with Crippen molar-refractivity contribution in [3.8, 4) is 5.75 Å². The summed E-state index contributed by atoms with van der Waals surface area (Å²) in [5.41, 5.74) is 2.90. The van der Waals surface area contributed by atoms with E-state index < -0.39 is 6.10 Å². The highest BCUT2D eigenvalue weighted by Crippen LogP contribution is 2.23. The number of nitrogens with one attached hydrogen (secondary N) is 1. The zero-order valence-corrected chi connectivity index (χ0v) is 15.4. The van der Waals surface area contributed by atoms with Gasteiger partial charge < -0.3 is 15.2 Å². The molecule has 0 bridgehead atoms. The third-order valence-corrected chi connectivity index (χ3v) is 4.06. The summed E-state index contributed by atoms with van der Waals surface area (Å²) < 4.78 is 5.49. The highest BCUT2D eigenvalue weighted by molar-refractivity contribution is 5.91. The molecule has 0 radical (unpaired) electrons. The molecule has 2 N–H and O–H groups in total. The summed E-state index contributed by atoms with van der Waals surface area (Å²) in [7, 11) is 0. The number of anilines is 1. The van der Waals surface area contributed by atoms with Crippen molar-refractivity contribution in [2.75, 3.05) is 11.9 Å². The van der Waals surface area contributed by atoms with Crippen molar-refractivity contribution >= 4 is 11.6 Å². The summed E-state index contributed by atoms with van der Waals surface area (Å²) in [5.74, 6) is 0.395. The van der Waals surface area contributed by atoms with Crippen LogP contribution in [-0.2, 0) is 10.2 Å². The van der Waals surface area contributed by atoms with Crippen molar-refractivity contribution in [1.29, 1.82) is 0 Å². The van der Waals surface area contributed by atoms with Gasteiger partial charge in [-0.05, 0) is 47.2 Å². The first-order valence-electron chi connectivity index (χ1n) is 8.61. The van der Waals surface area contributed by atoms with E-state index in [1.165, 1.54) is 5.56 Å². The number of hydrogen-bond acceptors (Lipinski definition) is 3. The molecule has 1 unspecified atom stereocenters. The van der Waals surface area contributed by atoms with E-state index in [4.69, 9.17) is 4.74 Å². The van der Waals surface area contributed by atoms with E-state index in [0.717, 1.165) is 11.3 Å². The Balaban J connectivity index is 1.86. The molecule has 2 aromatic rings. The number of rotatable bonds is 6. The van der Waals surface area contributed by atoms with Gasteiger partial charge in [-0.25, -0.2) is 0 Å². The fourth-order valence-electron chi connectivity index (χ4n) is 2.42. The molecule has 0 saturated heterocycles. The number of aliphatic hydroxyl groups excluding tert-OH is 1. The van der Waals surface area contributed by atoms with Crippen molar-refractivity contribution in [3.63, 3.8) is 0 Å². The minimum Gasteiger partial charge on any atom is -0.484 e. The smallest absolute Gasteiger partial charge is 0.262 e. The molecule has 4 heteroatoms. The molecular weight excluding hydrogens is 314 g/mol. The average Bonchev–Trinajstić information content (AvgIpc) is 2.59. The SMILES string of the molecule is CCC(O)c1ccc(OCC(=O)Nc2ccc(C(C)(C)C)cc2)cc1. The third kappa shape index (κ3) is 5.61. The number of ether oxygens (including phenoxy) is 1. The fourth-order valence-corrected chi connectivity index (χ4v) is 2.42. The summed E-state index contributed by atoms with van der Waals surface area (Å²) in [4.78, 5) is 12.0. The molecule has 1 amide bonds. The first-order chi connectivity index (χ1) is 11.8. The lowest BCUT2D eigenvalue weighted by Crippen LogP contribution is -2.20. The number of benzene rings is 2. The Hall–Kier alpha value is -2.33. The standard InChI is InChI=1S/C21H27NO3/c1-5-19(23)15-6-12-18(13-7-15)25-14-20(24)22-17-10-8-16(9-11-17)21(2,3)4/h6-13,19,23H,5,14H2,1-4H3,(H,22,24). The predicted octanol–water partition coefficient (Wildman–Crippen LogP) is 4.45. The van der Waals surface area contributed by atoms with Gasteiger partial charge in [0.25, 0.3) is 5.91 Å². The van der Waals surface area contributed by atoms with Crippen molar-refractivity contribution in [3.05, 3.63) is 59.7 Å². The second kappa shape index (κ2) is 8.17. The summed E-state index contributed by atoms with van der Waals surface area (Å²) in [5, 5.41) is 12.6. The van der Waals surface area contributed by atoms with Crippen molar-refractivity contribution < 1.29 is 14.6 Å². The molecule has 1 atom stereocenters. The molecule has 0 fully saturated rings. The van der Waals surface area contributed by atoms with Gasteiger partial charge in [0.1, 0.15) is 5.75 Å². The van der Waals surface area contributed by atoms with E-state index in [1.807, 2.05) is 43.3 Å². The number of carbonyl (C=O) groups is 1. The maximum absolute atomic E-state index is 12.0. The lowest BCUT2D eigenvalue weighted by atomic mass is 9.87. The van der Waals surface area contributed by atoms with Gasteiger partial charge in [0, 0.05) is 5.69 Å². The molecule has 25 heavy (non-hydrogen) atoms. The van der Waals surface area contributed by atoms with Crippen LogP contribution in [0.15, 0.2) is 48.5 Å². The maximum Gasteiger partial charge on any atom is 0.262 e. The van der Waals surface area contributed by atoms with Crippen LogP contribution in [0.3, 0.4) is 0 Å². The molecule has 0 spiro atoms. The molecule has 0 heterocycles. The Morgan fingerprint density at radius 1 is 1.08 bits per heavy atom. The quantitative estimate of drug-likeness (QED) is 0.816. The van der Waals surface area contributed by atoms with Gasteiger partial charge in [-0.2, -0.15) is 0 Å². The van der Waals surface area contributed by atoms with Crippen molar-refractivity contribution in [1.82, 2.24) is 0 Å². The topological polar surface area (TPSA) is 58.6 Å². The van der Waals surface area contributed by atoms with Crippen LogP contribution in [0.5, 0.6) is 5.75 Å². The minimum atomic E-state index is -0.464. The molecule has 4 nitrogen and oxygen atoms in total. The van der Waals surface area contributed by atoms with Gasteiger partial charge in [0.15, 0.2) is 6.61 Å². The number of hydrogen-bond donors (Lipinski definition) is 2. The molecule has 134 valence electrons.